The number of aliphatic hydroxyl groups excluding tert-OH is 1. The number of ether oxygens (including phenoxy) is 4. The van der Waals surface area contributed by atoms with E-state index in [0.29, 0.717) is 18.2 Å². The van der Waals surface area contributed by atoms with E-state index >= 15 is 0 Å². The first kappa shape index (κ1) is 50.1. The van der Waals surface area contributed by atoms with Gasteiger partial charge in [-0.05, 0) is 24.3 Å². The third-order valence-electron chi connectivity index (χ3n) is 12.8. The van der Waals surface area contributed by atoms with Crippen molar-refractivity contribution in [1.82, 2.24) is 0 Å². The fourth-order valence-electron chi connectivity index (χ4n) is 9.25. The Morgan fingerprint density at radius 2 is 0.679 bits per heavy atom. The van der Waals surface area contributed by atoms with Crippen LogP contribution in [0.3, 0.4) is 0 Å². The second kappa shape index (κ2) is 17.1. The van der Waals surface area contributed by atoms with Crippen LogP contribution in [-0.4, -0.2) is 148 Å². The van der Waals surface area contributed by atoms with Gasteiger partial charge >= 0.3 is 35.1 Å². The quantitative estimate of drug-likeness (QED) is 0.0293. The summed E-state index contributed by atoms with van der Waals surface area (Å²) < 4.78 is 32.1. The molecule has 30 nitrogen and oxygen atoms in total. The molecular weight excluding hydrogens is 1060 g/mol. The van der Waals surface area contributed by atoms with Crippen LogP contribution in [0, 0.1) is 0 Å². The fraction of sp³-hybridized carbons (Fsp3) is 0.104. The van der Waals surface area contributed by atoms with Gasteiger partial charge in [0.15, 0.2) is 93.3 Å². The maximum Gasteiger partial charge on any atom is 0.345 e. The van der Waals surface area contributed by atoms with Gasteiger partial charge in [-0.2, -0.15) is 0 Å². The average Bonchev–Trinajstić information content (AvgIpc) is 3.10. The molecule has 4 atom stereocenters. The highest BCUT2D eigenvalue weighted by molar-refractivity contribution is 6.29. The number of hydrogen-bond donors (Lipinski definition) is 17. The Kier molecular flexibility index (Phi) is 11.0. The van der Waals surface area contributed by atoms with Gasteiger partial charge in [-0.25, -0.2) is 28.8 Å². The van der Waals surface area contributed by atoms with Crippen LogP contribution in [0.4, 0.5) is 0 Å². The second-order valence-corrected chi connectivity index (χ2v) is 17.1. The Labute approximate surface area is 424 Å². The van der Waals surface area contributed by atoms with Crippen molar-refractivity contribution in [2.75, 3.05) is 6.61 Å². The van der Waals surface area contributed by atoms with E-state index in [4.69, 9.17) is 27.8 Å². The highest BCUT2D eigenvalue weighted by atomic mass is 16.6. The molecule has 0 saturated carbocycles. The van der Waals surface area contributed by atoms with E-state index < -0.39 is 246 Å². The minimum atomic E-state index is -2.98. The van der Waals surface area contributed by atoms with Crippen LogP contribution >= 0.6 is 0 Å². The number of benzene rings is 6. The molecule has 0 amide bonds. The van der Waals surface area contributed by atoms with Gasteiger partial charge in [0.2, 0.25) is 34.5 Å². The van der Waals surface area contributed by atoms with Crippen LogP contribution in [0.1, 0.15) is 41.4 Å². The van der Waals surface area contributed by atoms with Crippen LogP contribution < -0.4 is 11.3 Å². The monoisotopic (exact) mass is 1080 g/mol. The predicted octanol–water partition coefficient (Wildman–Crippen LogP) is 1.80. The Balaban J connectivity index is 1.30. The van der Waals surface area contributed by atoms with Crippen molar-refractivity contribution < 1.29 is 139 Å². The lowest BCUT2D eigenvalue weighted by atomic mass is 9.88. The van der Waals surface area contributed by atoms with Crippen molar-refractivity contribution in [3.05, 3.63) is 67.4 Å². The number of phenolic OH excluding ortho intramolecular Hbond substituents is 16. The zero-order valence-electron chi connectivity index (χ0n) is 37.8. The smallest absolute Gasteiger partial charge is 0.345 e. The van der Waals surface area contributed by atoms with E-state index in [1.54, 1.807) is 0 Å². The van der Waals surface area contributed by atoms with E-state index in [0.717, 1.165) is 0 Å². The third kappa shape index (κ3) is 6.82. The molecule has 0 unspecified atom stereocenters. The molecule has 0 saturated heterocycles. The number of aromatic hydroxyl groups is 16. The van der Waals surface area contributed by atoms with Crippen molar-refractivity contribution in [3.8, 4) is 125 Å². The number of cyclic esters (lactones) is 4. The Morgan fingerprint density at radius 3 is 1.04 bits per heavy atom. The Bertz CT molecular complexity index is 4220. The standard InChI is InChI=1S/C48H28O30/c49-5-16-40(76-46(70)9-3-13(52)28(56)32(60)18(9)17-8(44(68)74-16)2-12(51)27(55)31(17)59)39-15(54)6-73-43(67)7-1-11(50)29(57)33(61)19(7)21-25-23-24-26(48(72)78-41(23)37(65)35(21)63)22(36(64)38(66)42(24)77-47(25)71)20-10(45(69)75-39)4-14(53)30(58)34(20)62/h1-5,15-16,39-40,50-66H,6H2/t15-,16-,39-,40+/m0/s1. The van der Waals surface area contributed by atoms with E-state index in [-0.39, 0.29) is 12.4 Å². The van der Waals surface area contributed by atoms with Crippen LogP contribution in [0.2, 0.25) is 0 Å². The third-order valence-corrected chi connectivity index (χ3v) is 12.8. The fourth-order valence-corrected chi connectivity index (χ4v) is 9.25. The van der Waals surface area contributed by atoms with Crippen LogP contribution in [-0.2, 0) is 23.7 Å². The molecule has 10 rings (SSSR count). The summed E-state index contributed by atoms with van der Waals surface area (Å²) in [4.78, 5) is 99.2. The molecule has 17 N–H and O–H groups in total. The minimum Gasteiger partial charge on any atom is -0.504 e. The number of esters is 4. The van der Waals surface area contributed by atoms with Crippen LogP contribution in [0.25, 0.3) is 66.1 Å². The van der Waals surface area contributed by atoms with Crippen molar-refractivity contribution >= 4 is 62.9 Å². The Hall–Kier alpha value is -11.4. The summed E-state index contributed by atoms with van der Waals surface area (Å²) in [5, 5.41) is 184. The van der Waals surface area contributed by atoms with Gasteiger partial charge in [0.05, 0.1) is 33.0 Å². The number of rotatable bonds is 2. The van der Waals surface area contributed by atoms with Gasteiger partial charge in [-0.3, -0.25) is 4.79 Å². The first-order valence-electron chi connectivity index (χ1n) is 21.5. The highest BCUT2D eigenvalue weighted by Crippen LogP contribution is 2.59. The predicted molar refractivity (Wildman–Crippen MR) is 247 cm³/mol. The number of hydrogen-bond acceptors (Lipinski definition) is 30. The molecule has 30 heteroatoms. The lowest BCUT2D eigenvalue weighted by Gasteiger charge is -2.33. The van der Waals surface area contributed by atoms with Crippen molar-refractivity contribution in [2.45, 2.75) is 24.4 Å². The molecule has 2 aromatic heterocycles. The zero-order chi connectivity index (χ0) is 56.7. The SMILES string of the molecule is O=C[C@@H]1OC(=O)c2cc(O)c(O)c(O)c2-c2c(cc(O)c(O)c2O)C(=O)O[C@H]1[C@H]1OC(=O)c2cc(O)c(O)c(O)c2-c2c(O)c(O)c3oc(=O)c4c(c(O)c(O)c5oc(=O)c2c3c54)-c2c(cc(O)c(O)c2O)C(=O)OC[C@@H]1O. The molecule has 4 heterocycles. The summed E-state index contributed by atoms with van der Waals surface area (Å²) in [6.07, 6.45) is -12.0. The van der Waals surface area contributed by atoms with Gasteiger partial charge in [-0.15, -0.1) is 0 Å². The van der Waals surface area contributed by atoms with Crippen molar-refractivity contribution in [1.29, 1.82) is 0 Å². The van der Waals surface area contributed by atoms with E-state index in [9.17, 15) is 120 Å². The number of fused-ring (bicyclic) bond motifs is 7. The summed E-state index contributed by atoms with van der Waals surface area (Å²) in [6, 6.07) is 1.16. The number of carbonyl (C=O) groups excluding carboxylic acids is 5. The molecule has 78 heavy (non-hydrogen) atoms. The average molecular weight is 1080 g/mol. The van der Waals surface area contributed by atoms with E-state index in [1.165, 1.54) is 0 Å². The van der Waals surface area contributed by atoms with Crippen molar-refractivity contribution in [2.24, 2.45) is 0 Å². The largest absolute Gasteiger partial charge is 0.504 e. The van der Waals surface area contributed by atoms with Crippen LogP contribution in [0.5, 0.6) is 92.0 Å². The summed E-state index contributed by atoms with van der Waals surface area (Å²) in [5.74, 6) is -32.3. The molecular formula is C48H28O30. The van der Waals surface area contributed by atoms with Crippen molar-refractivity contribution in [3.63, 3.8) is 0 Å². The first-order chi connectivity index (χ1) is 36.7. The molecule has 6 aromatic carbocycles. The number of aldehydes is 1. The molecule has 0 radical (unpaired) electrons. The van der Waals surface area contributed by atoms with E-state index in [1.807, 2.05) is 0 Å². The first-order valence-corrected chi connectivity index (χ1v) is 21.5. The summed E-state index contributed by atoms with van der Waals surface area (Å²) >= 11 is 0. The number of aliphatic hydroxyl groups is 1. The minimum absolute atomic E-state index is 0.219. The van der Waals surface area contributed by atoms with Crippen LogP contribution in [0.15, 0.2) is 42.7 Å². The van der Waals surface area contributed by atoms with Gasteiger partial charge in [0.1, 0.15) is 12.7 Å². The molecule has 0 fully saturated rings. The van der Waals surface area contributed by atoms with Gasteiger partial charge in [0.25, 0.3) is 0 Å². The number of carbonyl (C=O) groups is 5. The maximum atomic E-state index is 14.9. The summed E-state index contributed by atoms with van der Waals surface area (Å²) in [5.41, 5.74) is -18.6. The molecule has 8 aromatic rings. The summed E-state index contributed by atoms with van der Waals surface area (Å²) in [6.45, 7) is -1.69. The van der Waals surface area contributed by atoms with Gasteiger partial charge in [0, 0.05) is 44.2 Å². The molecule has 400 valence electrons. The number of phenols is 16. The Morgan fingerprint density at radius 1 is 0.372 bits per heavy atom. The lowest BCUT2D eigenvalue weighted by Crippen LogP contribution is -2.53. The molecule has 0 spiro atoms. The van der Waals surface area contributed by atoms with Gasteiger partial charge in [-0.1, -0.05) is 0 Å². The van der Waals surface area contributed by atoms with Gasteiger partial charge < -0.3 is 115 Å². The normalized spacial score (nSPS) is 17.7. The molecule has 2 aliphatic heterocycles. The molecule has 6 bridgehead atoms. The maximum absolute atomic E-state index is 14.9. The lowest BCUT2D eigenvalue weighted by molar-refractivity contribution is -0.142. The molecule has 2 aliphatic rings. The summed E-state index contributed by atoms with van der Waals surface area (Å²) in [7, 11) is 0. The second-order valence-electron chi connectivity index (χ2n) is 17.1. The highest BCUT2D eigenvalue weighted by Gasteiger charge is 2.47. The topological polar surface area (TPSA) is 527 Å². The van der Waals surface area contributed by atoms with E-state index in [2.05, 4.69) is 0 Å². The molecule has 0 aliphatic carbocycles. The zero-order valence-corrected chi connectivity index (χ0v) is 37.8.